The summed E-state index contributed by atoms with van der Waals surface area (Å²) in [5, 5.41) is 3.56. The van der Waals surface area contributed by atoms with E-state index in [-0.39, 0.29) is 5.91 Å². The third-order valence-electron chi connectivity index (χ3n) is 3.04. The van der Waals surface area contributed by atoms with E-state index in [4.69, 9.17) is 0 Å². The Morgan fingerprint density at radius 3 is 2.86 bits per heavy atom. The molecule has 3 nitrogen and oxygen atoms in total. The van der Waals surface area contributed by atoms with Crippen molar-refractivity contribution in [2.24, 2.45) is 0 Å². The molecule has 0 spiro atoms. The molecule has 0 aliphatic heterocycles. The van der Waals surface area contributed by atoms with E-state index in [1.165, 1.54) is 12.1 Å². The highest BCUT2D eigenvalue weighted by atomic mass is 79.9. The van der Waals surface area contributed by atoms with Crippen LogP contribution in [-0.4, -0.2) is 10.9 Å². The van der Waals surface area contributed by atoms with E-state index >= 15 is 0 Å². The predicted octanol–water partition coefficient (Wildman–Crippen LogP) is 4.39. The minimum atomic E-state index is -0.406. The molecule has 0 saturated heterocycles. The van der Waals surface area contributed by atoms with Gasteiger partial charge >= 0.3 is 0 Å². The van der Waals surface area contributed by atoms with Crippen LogP contribution < -0.4 is 5.32 Å². The Morgan fingerprint density at radius 2 is 2.00 bits per heavy atom. The highest BCUT2D eigenvalue weighted by Crippen LogP contribution is 2.24. The highest BCUT2D eigenvalue weighted by Gasteiger charge is 2.10. The molecule has 0 atom stereocenters. The minimum absolute atomic E-state index is 0.299. The number of carbonyl (C=O) groups excluding carboxylic acids is 1. The van der Waals surface area contributed by atoms with Crippen LogP contribution >= 0.6 is 15.9 Å². The lowest BCUT2D eigenvalue weighted by Crippen LogP contribution is -2.12. The predicted molar refractivity (Wildman–Crippen MR) is 83.8 cm³/mol. The number of anilines is 1. The third kappa shape index (κ3) is 2.92. The van der Waals surface area contributed by atoms with Crippen LogP contribution in [0.15, 0.2) is 59.2 Å². The number of nitrogens with one attached hydrogen (secondary N) is 1. The van der Waals surface area contributed by atoms with Gasteiger partial charge in [0.25, 0.3) is 5.91 Å². The van der Waals surface area contributed by atoms with Gasteiger partial charge in [-0.2, -0.15) is 0 Å². The van der Waals surface area contributed by atoms with Crippen LogP contribution in [0.1, 0.15) is 10.4 Å². The lowest BCUT2D eigenvalue weighted by atomic mass is 10.1. The molecular formula is C16H10BrFN2O. The summed E-state index contributed by atoms with van der Waals surface area (Å²) in [5.41, 5.74) is 1.71. The largest absolute Gasteiger partial charge is 0.321 e. The fraction of sp³-hybridized carbons (Fsp3) is 0. The number of hydrogen-bond donors (Lipinski definition) is 1. The summed E-state index contributed by atoms with van der Waals surface area (Å²) in [5.74, 6) is -0.705. The Morgan fingerprint density at radius 1 is 1.14 bits per heavy atom. The number of benzene rings is 2. The second-order valence-corrected chi connectivity index (χ2v) is 5.34. The van der Waals surface area contributed by atoms with Crippen LogP contribution in [0.2, 0.25) is 0 Å². The van der Waals surface area contributed by atoms with Gasteiger partial charge in [0.15, 0.2) is 0 Å². The molecule has 0 aliphatic carbocycles. The van der Waals surface area contributed by atoms with Crippen molar-refractivity contribution in [3.63, 3.8) is 0 Å². The summed E-state index contributed by atoms with van der Waals surface area (Å²) in [6, 6.07) is 13.1. The maximum Gasteiger partial charge on any atom is 0.255 e. The van der Waals surface area contributed by atoms with Crippen molar-refractivity contribution in [2.45, 2.75) is 0 Å². The molecule has 1 heterocycles. The van der Waals surface area contributed by atoms with Gasteiger partial charge in [0.05, 0.1) is 11.2 Å². The second-order valence-electron chi connectivity index (χ2n) is 4.49. The molecule has 5 heteroatoms. The molecule has 104 valence electrons. The number of carbonyl (C=O) groups is 1. The van der Waals surface area contributed by atoms with Crippen molar-refractivity contribution in [3.05, 3.63) is 70.6 Å². The molecule has 0 fully saturated rings. The van der Waals surface area contributed by atoms with Crippen LogP contribution in [0.5, 0.6) is 0 Å². The number of nitrogens with zero attached hydrogens (tertiary/aromatic N) is 1. The molecular weight excluding hydrogens is 335 g/mol. The van der Waals surface area contributed by atoms with Crippen molar-refractivity contribution < 1.29 is 9.18 Å². The zero-order chi connectivity index (χ0) is 14.8. The number of fused-ring (bicyclic) bond motifs is 1. The first kappa shape index (κ1) is 13.7. The second kappa shape index (κ2) is 5.61. The number of rotatable bonds is 2. The number of aromatic nitrogens is 1. The lowest BCUT2D eigenvalue weighted by Gasteiger charge is -2.08. The number of pyridine rings is 1. The summed E-state index contributed by atoms with van der Waals surface area (Å²) in [4.78, 5) is 16.4. The molecule has 0 radical (unpaired) electrons. The summed E-state index contributed by atoms with van der Waals surface area (Å²) in [7, 11) is 0. The maximum atomic E-state index is 13.2. The molecule has 0 aliphatic rings. The Labute approximate surface area is 128 Å². The fourth-order valence-electron chi connectivity index (χ4n) is 2.00. The molecule has 1 amide bonds. The number of halogens is 2. The molecule has 1 N–H and O–H groups in total. The smallest absolute Gasteiger partial charge is 0.255 e. The number of amides is 1. The van der Waals surface area contributed by atoms with Crippen molar-refractivity contribution in [1.82, 2.24) is 4.98 Å². The van der Waals surface area contributed by atoms with Gasteiger partial charge in [-0.15, -0.1) is 0 Å². The summed E-state index contributed by atoms with van der Waals surface area (Å²) in [6.07, 6.45) is 1.70. The molecule has 3 rings (SSSR count). The van der Waals surface area contributed by atoms with Crippen molar-refractivity contribution in [2.75, 3.05) is 5.32 Å². The summed E-state index contributed by atoms with van der Waals surface area (Å²) < 4.78 is 13.9. The molecule has 0 unspecified atom stereocenters. The van der Waals surface area contributed by atoms with E-state index in [0.29, 0.717) is 15.7 Å². The van der Waals surface area contributed by atoms with Crippen LogP contribution in [0.25, 0.3) is 10.9 Å². The monoisotopic (exact) mass is 344 g/mol. The van der Waals surface area contributed by atoms with Crippen molar-refractivity contribution in [1.29, 1.82) is 0 Å². The average Bonchev–Trinajstić information content (AvgIpc) is 2.50. The highest BCUT2D eigenvalue weighted by molar-refractivity contribution is 9.10. The van der Waals surface area contributed by atoms with Gasteiger partial charge in [0.2, 0.25) is 0 Å². The Kier molecular flexibility index (Phi) is 3.66. The Bertz CT molecular complexity index is 835. The quantitative estimate of drug-likeness (QED) is 0.749. The zero-order valence-corrected chi connectivity index (χ0v) is 12.4. The molecule has 1 aromatic heterocycles. The van der Waals surface area contributed by atoms with Gasteiger partial charge < -0.3 is 5.32 Å². The average molecular weight is 345 g/mol. The van der Waals surface area contributed by atoms with Crippen molar-refractivity contribution in [3.8, 4) is 0 Å². The van der Waals surface area contributed by atoms with Crippen LogP contribution in [0, 0.1) is 5.82 Å². The van der Waals surface area contributed by atoms with Gasteiger partial charge in [-0.1, -0.05) is 6.07 Å². The first-order chi connectivity index (χ1) is 10.1. The van der Waals surface area contributed by atoms with Gasteiger partial charge in [-0.05, 0) is 58.4 Å². The SMILES string of the molecule is O=C(Nc1cc(F)ccc1Br)c1ccc2ncccc2c1. The molecule has 21 heavy (non-hydrogen) atoms. The van der Waals surface area contributed by atoms with E-state index < -0.39 is 5.82 Å². The van der Waals surface area contributed by atoms with Gasteiger partial charge in [0.1, 0.15) is 5.82 Å². The van der Waals surface area contributed by atoms with E-state index in [9.17, 15) is 9.18 Å². The van der Waals surface area contributed by atoms with Crippen LogP contribution in [0.4, 0.5) is 10.1 Å². The molecule has 0 bridgehead atoms. The van der Waals surface area contributed by atoms with Gasteiger partial charge in [-0.25, -0.2) is 4.39 Å². The van der Waals surface area contributed by atoms with Crippen LogP contribution in [-0.2, 0) is 0 Å². The lowest BCUT2D eigenvalue weighted by molar-refractivity contribution is 0.102. The first-order valence-corrected chi connectivity index (χ1v) is 7.04. The Balaban J connectivity index is 1.91. The molecule has 0 saturated carbocycles. The van der Waals surface area contributed by atoms with Crippen molar-refractivity contribution >= 4 is 38.4 Å². The molecule has 2 aromatic carbocycles. The van der Waals surface area contributed by atoms with E-state index in [1.54, 1.807) is 30.5 Å². The Hall–Kier alpha value is -2.27. The summed E-state index contributed by atoms with van der Waals surface area (Å²) >= 11 is 3.28. The standard InChI is InChI=1S/C16H10BrFN2O/c17-13-5-4-12(18)9-15(13)20-16(21)11-3-6-14-10(8-11)2-1-7-19-14/h1-9H,(H,20,21). The normalized spacial score (nSPS) is 10.6. The van der Waals surface area contributed by atoms with Gasteiger partial charge in [-0.3, -0.25) is 9.78 Å². The van der Waals surface area contributed by atoms with E-state index in [2.05, 4.69) is 26.2 Å². The topological polar surface area (TPSA) is 42.0 Å². The third-order valence-corrected chi connectivity index (χ3v) is 3.73. The minimum Gasteiger partial charge on any atom is -0.321 e. The molecule has 3 aromatic rings. The summed E-state index contributed by atoms with van der Waals surface area (Å²) in [6.45, 7) is 0. The number of hydrogen-bond acceptors (Lipinski definition) is 2. The zero-order valence-electron chi connectivity index (χ0n) is 10.8. The maximum absolute atomic E-state index is 13.2. The van der Waals surface area contributed by atoms with Crippen LogP contribution in [0.3, 0.4) is 0 Å². The van der Waals surface area contributed by atoms with Gasteiger partial charge in [0, 0.05) is 21.6 Å². The fourth-order valence-corrected chi connectivity index (χ4v) is 2.35. The van der Waals surface area contributed by atoms with E-state index in [1.807, 2.05) is 12.1 Å². The first-order valence-electron chi connectivity index (χ1n) is 6.25. The van der Waals surface area contributed by atoms with E-state index in [0.717, 1.165) is 10.9 Å².